The summed E-state index contributed by atoms with van der Waals surface area (Å²) in [5, 5.41) is 2.14. The van der Waals surface area contributed by atoms with Crippen molar-refractivity contribution in [2.45, 2.75) is 52.0 Å². The first-order valence-corrected chi connectivity index (χ1v) is 9.60. The van der Waals surface area contributed by atoms with Gasteiger partial charge < -0.3 is 9.47 Å². The monoisotopic (exact) mass is 324 g/mol. The minimum Gasteiger partial charge on any atom is -0.311 e. The van der Waals surface area contributed by atoms with Gasteiger partial charge in [-0.1, -0.05) is 26.0 Å². The van der Waals surface area contributed by atoms with Crippen LogP contribution in [0.2, 0.25) is 0 Å². The Bertz CT molecular complexity index is 799. The first-order valence-electron chi connectivity index (χ1n) is 9.60. The zero-order chi connectivity index (χ0) is 16.7. The molecule has 3 aliphatic heterocycles. The lowest BCUT2D eigenvalue weighted by Crippen LogP contribution is -2.33. The van der Waals surface area contributed by atoms with E-state index < -0.39 is 0 Å². The molecule has 3 heteroatoms. The molecular formula is C21H28N2O. The van der Waals surface area contributed by atoms with Gasteiger partial charge in [-0.15, -0.1) is 0 Å². The maximum atomic E-state index is 13.3. The van der Waals surface area contributed by atoms with Gasteiger partial charge in [0.05, 0.1) is 0 Å². The molecule has 128 valence electrons. The van der Waals surface area contributed by atoms with Crippen LogP contribution in [0.15, 0.2) is 29.2 Å². The third-order valence-corrected chi connectivity index (χ3v) is 6.27. The maximum absolute atomic E-state index is 13.3. The predicted molar refractivity (Wildman–Crippen MR) is 99.8 cm³/mol. The highest BCUT2D eigenvalue weighted by Crippen LogP contribution is 2.35. The van der Waals surface area contributed by atoms with Gasteiger partial charge in [0, 0.05) is 24.2 Å². The van der Waals surface area contributed by atoms with E-state index in [-0.39, 0.29) is 5.56 Å². The largest absolute Gasteiger partial charge is 0.311 e. The van der Waals surface area contributed by atoms with Crippen LogP contribution in [0.1, 0.15) is 50.3 Å². The van der Waals surface area contributed by atoms with Crippen LogP contribution in [0.4, 0.5) is 0 Å². The predicted octanol–water partition coefficient (Wildman–Crippen LogP) is 3.78. The minimum atomic E-state index is 0.225. The van der Waals surface area contributed by atoms with Gasteiger partial charge in [-0.05, 0) is 73.7 Å². The second kappa shape index (κ2) is 6.36. The molecule has 3 aliphatic rings. The van der Waals surface area contributed by atoms with E-state index in [0.717, 1.165) is 31.2 Å². The maximum Gasteiger partial charge on any atom is 0.258 e. The van der Waals surface area contributed by atoms with Crippen LogP contribution in [0.3, 0.4) is 0 Å². The number of fused-ring (bicyclic) bond motifs is 5. The summed E-state index contributed by atoms with van der Waals surface area (Å²) in [4.78, 5) is 15.9. The van der Waals surface area contributed by atoms with Crippen molar-refractivity contribution in [3.63, 3.8) is 0 Å². The van der Waals surface area contributed by atoms with E-state index in [0.29, 0.717) is 12.0 Å². The smallest absolute Gasteiger partial charge is 0.258 e. The van der Waals surface area contributed by atoms with E-state index in [4.69, 9.17) is 0 Å². The first-order chi connectivity index (χ1) is 11.7. The van der Waals surface area contributed by atoms with E-state index in [1.807, 2.05) is 6.07 Å². The average molecular weight is 324 g/mol. The fraction of sp³-hybridized carbons (Fsp3) is 0.571. The van der Waals surface area contributed by atoms with E-state index in [1.54, 1.807) is 0 Å². The van der Waals surface area contributed by atoms with Crippen molar-refractivity contribution < 1.29 is 0 Å². The van der Waals surface area contributed by atoms with Crippen LogP contribution in [-0.2, 0) is 12.8 Å². The summed E-state index contributed by atoms with van der Waals surface area (Å²) < 4.78 is 2.11. The molecule has 1 unspecified atom stereocenters. The second-order valence-electron chi connectivity index (χ2n) is 7.45. The van der Waals surface area contributed by atoms with E-state index >= 15 is 0 Å². The van der Waals surface area contributed by atoms with Crippen LogP contribution in [0, 0.1) is 5.92 Å². The molecule has 5 rings (SSSR count). The van der Waals surface area contributed by atoms with E-state index in [1.165, 1.54) is 42.4 Å². The van der Waals surface area contributed by atoms with Crippen molar-refractivity contribution in [3.8, 4) is 0 Å². The number of hydrogen-bond donors (Lipinski definition) is 0. The fourth-order valence-electron chi connectivity index (χ4n) is 4.87. The summed E-state index contributed by atoms with van der Waals surface area (Å²) in [6.45, 7) is 7.95. The van der Waals surface area contributed by atoms with Gasteiger partial charge >= 0.3 is 0 Å². The van der Waals surface area contributed by atoms with E-state index in [9.17, 15) is 4.79 Å². The number of nitrogens with zero attached hydrogens (tertiary/aromatic N) is 2. The van der Waals surface area contributed by atoms with Crippen molar-refractivity contribution in [2.24, 2.45) is 5.92 Å². The summed E-state index contributed by atoms with van der Waals surface area (Å²) in [6, 6.07) is 6.64. The Morgan fingerprint density at radius 2 is 1.71 bits per heavy atom. The number of piperidine rings is 1. The zero-order valence-electron chi connectivity index (χ0n) is 14.9. The van der Waals surface area contributed by atoms with Crippen molar-refractivity contribution in [1.82, 2.24) is 9.47 Å². The fourth-order valence-corrected chi connectivity index (χ4v) is 4.87. The summed E-state index contributed by atoms with van der Waals surface area (Å²) in [7, 11) is 0. The lowest BCUT2D eigenvalue weighted by atomic mass is 9.89. The molecule has 3 saturated heterocycles. The van der Waals surface area contributed by atoms with Crippen LogP contribution in [0.25, 0.3) is 10.8 Å². The molecule has 3 nitrogen and oxygen atoms in total. The lowest BCUT2D eigenvalue weighted by molar-refractivity contribution is 0.209. The van der Waals surface area contributed by atoms with Crippen LogP contribution in [-0.4, -0.2) is 29.1 Å². The molecule has 3 fully saturated rings. The molecule has 2 bridgehead atoms. The van der Waals surface area contributed by atoms with Crippen LogP contribution in [0.5, 0.6) is 0 Å². The number of aromatic nitrogens is 1. The van der Waals surface area contributed by atoms with Crippen LogP contribution < -0.4 is 5.56 Å². The molecule has 0 aliphatic carbocycles. The van der Waals surface area contributed by atoms with Gasteiger partial charge in [0.25, 0.3) is 5.56 Å². The SMILES string of the molecule is CCc1cccc2c(=O)n(C3CCN4CCC3CC4)cc(CC)c12. The molecule has 1 aromatic carbocycles. The lowest BCUT2D eigenvalue weighted by Gasteiger charge is -2.30. The summed E-state index contributed by atoms with van der Waals surface area (Å²) >= 11 is 0. The Labute approximate surface area is 144 Å². The molecule has 2 aromatic rings. The standard InChI is InChI=1S/C21H28N2O/c1-3-15-6-5-7-18-20(15)16(4-2)14-23(21(18)24)19-10-13-22-11-8-17(19)9-12-22/h5-7,14,17,19H,3-4,8-13H2,1-2H3. The molecule has 0 N–H and O–H groups in total. The number of benzene rings is 1. The van der Waals surface area contributed by atoms with Crippen molar-refractivity contribution in [3.05, 3.63) is 45.9 Å². The number of hydrogen-bond acceptors (Lipinski definition) is 2. The van der Waals surface area contributed by atoms with Gasteiger partial charge in [0.1, 0.15) is 0 Å². The molecule has 0 saturated carbocycles. The highest BCUT2D eigenvalue weighted by atomic mass is 16.1. The Balaban J connectivity index is 1.90. The quantitative estimate of drug-likeness (QED) is 0.858. The van der Waals surface area contributed by atoms with Gasteiger partial charge in [-0.25, -0.2) is 0 Å². The Morgan fingerprint density at radius 1 is 1.00 bits per heavy atom. The van der Waals surface area contributed by atoms with Crippen molar-refractivity contribution in [2.75, 3.05) is 19.6 Å². The molecule has 0 radical (unpaired) electrons. The Morgan fingerprint density at radius 3 is 2.42 bits per heavy atom. The molecule has 4 heterocycles. The Hall–Kier alpha value is -1.61. The molecule has 24 heavy (non-hydrogen) atoms. The summed E-state index contributed by atoms with van der Waals surface area (Å²) in [5.41, 5.74) is 2.87. The molecule has 0 spiro atoms. The van der Waals surface area contributed by atoms with Crippen molar-refractivity contribution in [1.29, 1.82) is 0 Å². The number of rotatable bonds is 3. The Kier molecular flexibility index (Phi) is 4.21. The summed E-state index contributed by atoms with van der Waals surface area (Å²) in [5.74, 6) is 0.665. The highest BCUT2D eigenvalue weighted by Gasteiger charge is 2.32. The first kappa shape index (κ1) is 15.9. The zero-order valence-corrected chi connectivity index (χ0v) is 14.9. The summed E-state index contributed by atoms with van der Waals surface area (Å²) in [6.07, 6.45) is 7.76. The third kappa shape index (κ3) is 2.50. The van der Waals surface area contributed by atoms with E-state index in [2.05, 4.69) is 41.6 Å². The number of pyridine rings is 1. The molecule has 0 amide bonds. The van der Waals surface area contributed by atoms with Gasteiger partial charge in [0.2, 0.25) is 0 Å². The minimum absolute atomic E-state index is 0.225. The molecule has 1 aromatic heterocycles. The second-order valence-corrected chi connectivity index (χ2v) is 7.45. The molecule has 1 atom stereocenters. The van der Waals surface area contributed by atoms with Gasteiger partial charge in [-0.2, -0.15) is 0 Å². The van der Waals surface area contributed by atoms with Gasteiger partial charge in [-0.3, -0.25) is 4.79 Å². The number of aryl methyl sites for hydroxylation is 2. The van der Waals surface area contributed by atoms with Gasteiger partial charge in [0.15, 0.2) is 0 Å². The normalized spacial score (nSPS) is 26.7. The average Bonchev–Trinajstić information content (AvgIpc) is 2.95. The highest BCUT2D eigenvalue weighted by molar-refractivity contribution is 5.88. The van der Waals surface area contributed by atoms with Crippen molar-refractivity contribution >= 4 is 10.8 Å². The topological polar surface area (TPSA) is 25.2 Å². The third-order valence-electron chi connectivity index (χ3n) is 6.27. The molecular weight excluding hydrogens is 296 g/mol. The van der Waals surface area contributed by atoms with Crippen LogP contribution >= 0.6 is 0 Å².